The third-order valence-corrected chi connectivity index (χ3v) is 4.23. The number of hydrogen-bond acceptors (Lipinski definition) is 5. The first-order chi connectivity index (χ1) is 11.9. The van der Waals surface area contributed by atoms with Crippen LogP contribution >= 0.6 is 0 Å². The van der Waals surface area contributed by atoms with E-state index in [1.807, 2.05) is 18.2 Å². The zero-order chi connectivity index (χ0) is 16.2. The first kappa shape index (κ1) is 14.6. The molecule has 0 saturated heterocycles. The molecule has 0 spiro atoms. The predicted octanol–water partition coefficient (Wildman–Crippen LogP) is 3.57. The summed E-state index contributed by atoms with van der Waals surface area (Å²) in [6.07, 6.45) is 3.97. The van der Waals surface area contributed by atoms with Gasteiger partial charge in [-0.25, -0.2) is 0 Å². The van der Waals surface area contributed by atoms with Gasteiger partial charge in [-0.05, 0) is 30.0 Å². The Morgan fingerprint density at radius 1 is 1.00 bits per heavy atom. The van der Waals surface area contributed by atoms with Gasteiger partial charge in [0.2, 0.25) is 5.95 Å². The highest BCUT2D eigenvalue weighted by atomic mass is 15.3. The molecule has 0 amide bonds. The normalized spacial score (nSPS) is 13.4. The highest BCUT2D eigenvalue weighted by Gasteiger charge is 2.19. The van der Waals surface area contributed by atoms with Crippen LogP contribution in [-0.4, -0.2) is 21.7 Å². The first-order valence-corrected chi connectivity index (χ1v) is 8.23. The van der Waals surface area contributed by atoms with Crippen LogP contribution in [-0.2, 0) is 13.0 Å². The fraction of sp³-hybridized carbons (Fsp3) is 0.211. The fourth-order valence-corrected chi connectivity index (χ4v) is 3.05. The van der Waals surface area contributed by atoms with Crippen molar-refractivity contribution in [3.8, 4) is 0 Å². The van der Waals surface area contributed by atoms with Gasteiger partial charge >= 0.3 is 0 Å². The van der Waals surface area contributed by atoms with Crippen molar-refractivity contribution in [1.29, 1.82) is 0 Å². The van der Waals surface area contributed by atoms with Gasteiger partial charge < -0.3 is 10.2 Å². The van der Waals surface area contributed by atoms with E-state index in [2.05, 4.69) is 61.8 Å². The molecule has 120 valence electrons. The van der Waals surface area contributed by atoms with E-state index >= 15 is 0 Å². The van der Waals surface area contributed by atoms with Crippen molar-refractivity contribution in [2.75, 3.05) is 16.8 Å². The van der Waals surface area contributed by atoms with Crippen LogP contribution in [0, 0.1) is 0 Å². The molecule has 24 heavy (non-hydrogen) atoms. The third kappa shape index (κ3) is 3.06. The number of anilines is 3. The minimum Gasteiger partial charge on any atom is -0.349 e. The number of rotatable bonds is 4. The molecule has 1 aliphatic rings. The Morgan fingerprint density at radius 2 is 1.83 bits per heavy atom. The lowest BCUT2D eigenvalue weighted by molar-refractivity contribution is 0.754. The van der Waals surface area contributed by atoms with E-state index in [0.29, 0.717) is 12.5 Å². The number of nitrogens with zero attached hydrogens (tertiary/aromatic N) is 4. The topological polar surface area (TPSA) is 53.9 Å². The minimum atomic E-state index is 0.555. The van der Waals surface area contributed by atoms with Crippen molar-refractivity contribution in [1.82, 2.24) is 15.2 Å². The van der Waals surface area contributed by atoms with E-state index in [1.54, 1.807) is 6.20 Å². The van der Waals surface area contributed by atoms with Crippen LogP contribution in [0.5, 0.6) is 0 Å². The van der Waals surface area contributed by atoms with Crippen LogP contribution in [0.1, 0.15) is 17.5 Å². The summed E-state index contributed by atoms with van der Waals surface area (Å²) in [7, 11) is 0. The molecular formula is C19H19N5. The highest BCUT2D eigenvalue weighted by Crippen LogP contribution is 2.31. The second-order valence-electron chi connectivity index (χ2n) is 5.86. The standard InChI is InChI=1S/C19H19N5/c1-2-7-15(8-3-1)13-20-19-22-18(14-21-23-19)24-12-6-10-16-9-4-5-11-17(16)24/h1-5,7-9,11,14H,6,10,12-13H2,(H,20,22,23). The Hall–Kier alpha value is -2.95. The van der Waals surface area contributed by atoms with E-state index in [4.69, 9.17) is 0 Å². The summed E-state index contributed by atoms with van der Waals surface area (Å²) >= 11 is 0. The zero-order valence-electron chi connectivity index (χ0n) is 13.4. The molecule has 1 aliphatic heterocycles. The maximum atomic E-state index is 4.65. The lowest BCUT2D eigenvalue weighted by Gasteiger charge is -2.30. The van der Waals surface area contributed by atoms with Crippen LogP contribution in [0.3, 0.4) is 0 Å². The van der Waals surface area contributed by atoms with E-state index in [9.17, 15) is 0 Å². The summed E-state index contributed by atoms with van der Waals surface area (Å²) < 4.78 is 0. The van der Waals surface area contributed by atoms with Gasteiger partial charge in [-0.15, -0.1) is 5.10 Å². The summed E-state index contributed by atoms with van der Waals surface area (Å²) in [4.78, 5) is 6.87. The zero-order valence-corrected chi connectivity index (χ0v) is 13.4. The van der Waals surface area contributed by atoms with Gasteiger partial charge in [-0.3, -0.25) is 0 Å². The Labute approximate surface area is 141 Å². The number of nitrogens with one attached hydrogen (secondary N) is 1. The summed E-state index contributed by atoms with van der Waals surface area (Å²) in [6.45, 7) is 1.64. The Bertz CT molecular complexity index is 819. The average Bonchev–Trinajstić information content (AvgIpc) is 2.67. The van der Waals surface area contributed by atoms with E-state index in [0.717, 1.165) is 25.2 Å². The summed E-state index contributed by atoms with van der Waals surface area (Å²) in [6, 6.07) is 18.7. The first-order valence-electron chi connectivity index (χ1n) is 8.23. The molecule has 1 N–H and O–H groups in total. The fourth-order valence-electron chi connectivity index (χ4n) is 3.05. The Kier molecular flexibility index (Phi) is 4.06. The molecule has 2 aromatic carbocycles. The number of para-hydroxylation sites is 1. The molecular weight excluding hydrogens is 298 g/mol. The van der Waals surface area contributed by atoms with Gasteiger partial charge in [0.15, 0.2) is 5.82 Å². The van der Waals surface area contributed by atoms with Crippen molar-refractivity contribution in [3.63, 3.8) is 0 Å². The molecule has 0 bridgehead atoms. The molecule has 0 atom stereocenters. The maximum absolute atomic E-state index is 4.65. The van der Waals surface area contributed by atoms with Crippen molar-refractivity contribution >= 4 is 17.5 Å². The number of aryl methyl sites for hydroxylation is 1. The summed E-state index contributed by atoms with van der Waals surface area (Å²) in [5.41, 5.74) is 3.77. The molecule has 1 aromatic heterocycles. The van der Waals surface area contributed by atoms with Gasteiger partial charge in [-0.1, -0.05) is 48.5 Å². The van der Waals surface area contributed by atoms with Gasteiger partial charge in [0.25, 0.3) is 0 Å². The van der Waals surface area contributed by atoms with Gasteiger partial charge in [0, 0.05) is 18.8 Å². The molecule has 4 rings (SSSR count). The van der Waals surface area contributed by atoms with Gasteiger partial charge in [0.05, 0.1) is 6.20 Å². The van der Waals surface area contributed by atoms with Gasteiger partial charge in [0.1, 0.15) is 0 Å². The van der Waals surface area contributed by atoms with Crippen LogP contribution in [0.25, 0.3) is 0 Å². The number of aromatic nitrogens is 3. The number of hydrogen-bond donors (Lipinski definition) is 1. The number of fused-ring (bicyclic) bond motifs is 1. The lowest BCUT2D eigenvalue weighted by Crippen LogP contribution is -2.25. The van der Waals surface area contributed by atoms with Crippen LogP contribution in [0.15, 0.2) is 60.8 Å². The van der Waals surface area contributed by atoms with E-state index in [1.165, 1.54) is 16.8 Å². The van der Waals surface area contributed by atoms with Crippen LogP contribution in [0.2, 0.25) is 0 Å². The van der Waals surface area contributed by atoms with E-state index in [-0.39, 0.29) is 0 Å². The second-order valence-corrected chi connectivity index (χ2v) is 5.86. The molecule has 2 heterocycles. The average molecular weight is 317 g/mol. The molecule has 3 aromatic rings. The van der Waals surface area contributed by atoms with Crippen molar-refractivity contribution in [3.05, 3.63) is 71.9 Å². The van der Waals surface area contributed by atoms with Crippen molar-refractivity contribution in [2.24, 2.45) is 0 Å². The second kappa shape index (κ2) is 6.66. The van der Waals surface area contributed by atoms with Gasteiger partial charge in [-0.2, -0.15) is 10.1 Å². The smallest absolute Gasteiger partial charge is 0.244 e. The molecule has 0 radical (unpaired) electrons. The van der Waals surface area contributed by atoms with Crippen molar-refractivity contribution in [2.45, 2.75) is 19.4 Å². The molecule has 0 fully saturated rings. The molecule has 5 heteroatoms. The van der Waals surface area contributed by atoms with E-state index < -0.39 is 0 Å². The lowest BCUT2D eigenvalue weighted by atomic mass is 10.0. The van der Waals surface area contributed by atoms with Crippen LogP contribution < -0.4 is 10.2 Å². The SMILES string of the molecule is c1ccc(CNc2nncc(N3CCCc4ccccc43)n2)cc1. The monoisotopic (exact) mass is 317 g/mol. The minimum absolute atomic E-state index is 0.555. The molecule has 5 nitrogen and oxygen atoms in total. The number of benzene rings is 2. The third-order valence-electron chi connectivity index (χ3n) is 4.23. The highest BCUT2D eigenvalue weighted by molar-refractivity contribution is 5.65. The Balaban J connectivity index is 1.55. The maximum Gasteiger partial charge on any atom is 0.244 e. The Morgan fingerprint density at radius 3 is 2.75 bits per heavy atom. The van der Waals surface area contributed by atoms with Crippen LogP contribution in [0.4, 0.5) is 17.5 Å². The predicted molar refractivity (Wildman–Crippen MR) is 95.4 cm³/mol. The summed E-state index contributed by atoms with van der Waals surface area (Å²) in [5, 5.41) is 11.5. The summed E-state index contributed by atoms with van der Waals surface area (Å²) in [5.74, 6) is 1.40. The quantitative estimate of drug-likeness (QED) is 0.797. The molecule has 0 unspecified atom stereocenters. The largest absolute Gasteiger partial charge is 0.349 e. The molecule has 0 aliphatic carbocycles. The van der Waals surface area contributed by atoms with Crippen molar-refractivity contribution < 1.29 is 0 Å². The molecule has 0 saturated carbocycles.